The lowest BCUT2D eigenvalue weighted by atomic mass is 10.0. The maximum Gasteiger partial charge on any atom is 0.342 e. The summed E-state index contributed by atoms with van der Waals surface area (Å²) in [7, 11) is 0. The van der Waals surface area contributed by atoms with Crippen LogP contribution in [0, 0.1) is 0 Å². The SMILES string of the molecule is CCCCCCCCCCCCCCCCCC(=O)OOCC1CO1. The average molecular weight is 357 g/mol. The van der Waals surface area contributed by atoms with E-state index in [4.69, 9.17) is 14.5 Å². The van der Waals surface area contributed by atoms with Crippen LogP contribution in [0.5, 0.6) is 0 Å². The van der Waals surface area contributed by atoms with Gasteiger partial charge in [0.05, 0.1) is 6.61 Å². The number of unbranched alkanes of at least 4 members (excludes halogenated alkanes) is 14. The van der Waals surface area contributed by atoms with Gasteiger partial charge in [0.15, 0.2) is 0 Å². The summed E-state index contributed by atoms with van der Waals surface area (Å²) in [5.74, 6) is -0.254. The molecule has 4 heteroatoms. The first-order valence-corrected chi connectivity index (χ1v) is 10.8. The van der Waals surface area contributed by atoms with Crippen LogP contribution in [0.25, 0.3) is 0 Å². The Morgan fingerprint density at radius 3 is 1.68 bits per heavy atom. The second kappa shape index (κ2) is 16.8. The average Bonchev–Trinajstić information content (AvgIpc) is 3.42. The summed E-state index contributed by atoms with van der Waals surface area (Å²) in [6.45, 7) is 3.36. The second-order valence-electron chi connectivity index (χ2n) is 7.39. The molecule has 1 aliphatic rings. The largest absolute Gasteiger partial charge is 0.370 e. The predicted molar refractivity (Wildman–Crippen MR) is 101 cm³/mol. The zero-order valence-corrected chi connectivity index (χ0v) is 16.4. The Balaban J connectivity index is 1.66. The number of carbonyl (C=O) groups excluding carboxylic acids is 1. The molecule has 1 atom stereocenters. The van der Waals surface area contributed by atoms with Gasteiger partial charge in [-0.05, 0) is 6.42 Å². The molecule has 0 aromatic heterocycles. The molecule has 25 heavy (non-hydrogen) atoms. The number of rotatable bonds is 19. The van der Waals surface area contributed by atoms with Gasteiger partial charge in [0.25, 0.3) is 0 Å². The summed E-state index contributed by atoms with van der Waals surface area (Å²) in [6.07, 6.45) is 20.5. The molecule has 0 N–H and O–H groups in total. The lowest BCUT2D eigenvalue weighted by Crippen LogP contribution is -2.08. The summed E-state index contributed by atoms with van der Waals surface area (Å²) in [5, 5.41) is 0. The van der Waals surface area contributed by atoms with Gasteiger partial charge in [-0.1, -0.05) is 96.8 Å². The molecule has 1 unspecified atom stereocenters. The summed E-state index contributed by atoms with van der Waals surface area (Å²) in [5.41, 5.74) is 0. The van der Waals surface area contributed by atoms with Crippen LogP contribution < -0.4 is 0 Å². The Kier molecular flexibility index (Phi) is 15.1. The maximum absolute atomic E-state index is 11.4. The Bertz CT molecular complexity index is 302. The fourth-order valence-corrected chi connectivity index (χ4v) is 3.02. The Labute approximate surface area is 154 Å². The van der Waals surface area contributed by atoms with Crippen molar-refractivity contribution in [1.82, 2.24) is 0 Å². The van der Waals surface area contributed by atoms with Crippen LogP contribution in [0.15, 0.2) is 0 Å². The molecule has 1 aliphatic heterocycles. The van der Waals surface area contributed by atoms with Crippen LogP contribution in [-0.2, 0) is 19.3 Å². The van der Waals surface area contributed by atoms with Crippen molar-refractivity contribution in [3.05, 3.63) is 0 Å². The van der Waals surface area contributed by atoms with E-state index < -0.39 is 0 Å². The third-order valence-electron chi connectivity index (χ3n) is 4.79. The highest BCUT2D eigenvalue weighted by Crippen LogP contribution is 2.14. The van der Waals surface area contributed by atoms with E-state index in [9.17, 15) is 4.79 Å². The van der Waals surface area contributed by atoms with Gasteiger partial charge in [-0.15, -0.1) is 0 Å². The van der Waals surface area contributed by atoms with Gasteiger partial charge in [-0.2, -0.15) is 4.89 Å². The van der Waals surface area contributed by atoms with Crippen molar-refractivity contribution in [1.29, 1.82) is 0 Å². The monoisotopic (exact) mass is 356 g/mol. The molecule has 0 radical (unpaired) electrons. The molecule has 0 amide bonds. The van der Waals surface area contributed by atoms with Gasteiger partial charge in [0, 0.05) is 6.42 Å². The van der Waals surface area contributed by atoms with Crippen LogP contribution in [0.4, 0.5) is 0 Å². The second-order valence-corrected chi connectivity index (χ2v) is 7.39. The highest BCUT2D eigenvalue weighted by molar-refractivity contribution is 5.68. The minimum atomic E-state index is -0.254. The van der Waals surface area contributed by atoms with Crippen molar-refractivity contribution in [2.75, 3.05) is 13.2 Å². The summed E-state index contributed by atoms with van der Waals surface area (Å²) < 4.78 is 4.96. The maximum atomic E-state index is 11.4. The quantitative estimate of drug-likeness (QED) is 0.121. The molecule has 0 spiro atoms. The molecule has 0 aromatic rings. The molecule has 0 saturated carbocycles. The first-order valence-electron chi connectivity index (χ1n) is 10.8. The van der Waals surface area contributed by atoms with Crippen molar-refractivity contribution >= 4 is 5.97 Å². The lowest BCUT2D eigenvalue weighted by molar-refractivity contribution is -0.273. The zero-order chi connectivity index (χ0) is 18.0. The number of epoxide rings is 1. The minimum Gasteiger partial charge on any atom is -0.370 e. The van der Waals surface area contributed by atoms with Crippen LogP contribution in [0.1, 0.15) is 110 Å². The van der Waals surface area contributed by atoms with Crippen LogP contribution in [0.2, 0.25) is 0 Å². The van der Waals surface area contributed by atoms with Gasteiger partial charge in [0.2, 0.25) is 0 Å². The molecule has 0 aromatic carbocycles. The molecule has 1 fully saturated rings. The van der Waals surface area contributed by atoms with Crippen LogP contribution in [-0.4, -0.2) is 25.3 Å². The molecule has 4 nitrogen and oxygen atoms in total. The standard InChI is InChI=1S/C21H40O4/c1-2-3-4-5-6-7-8-9-10-11-12-13-14-15-16-17-21(22)25-24-19-20-18-23-20/h20H,2-19H2,1H3. The molecule has 1 heterocycles. The zero-order valence-electron chi connectivity index (χ0n) is 16.4. The highest BCUT2D eigenvalue weighted by Gasteiger charge is 2.23. The summed E-state index contributed by atoms with van der Waals surface area (Å²) in [6, 6.07) is 0. The first-order chi connectivity index (χ1) is 12.3. The van der Waals surface area contributed by atoms with Crippen molar-refractivity contribution in [2.45, 2.75) is 116 Å². The van der Waals surface area contributed by atoms with Gasteiger partial charge in [-0.3, -0.25) is 4.89 Å². The summed E-state index contributed by atoms with van der Waals surface area (Å²) >= 11 is 0. The van der Waals surface area contributed by atoms with E-state index in [0.29, 0.717) is 13.0 Å². The van der Waals surface area contributed by atoms with E-state index >= 15 is 0 Å². The number of carbonyl (C=O) groups is 1. The van der Waals surface area contributed by atoms with E-state index in [1.807, 2.05) is 0 Å². The lowest BCUT2D eigenvalue weighted by Gasteiger charge is -2.04. The van der Waals surface area contributed by atoms with Crippen molar-refractivity contribution in [3.8, 4) is 0 Å². The molecule has 148 valence electrons. The molecule has 1 rings (SSSR count). The molecular formula is C21H40O4. The van der Waals surface area contributed by atoms with Gasteiger partial charge >= 0.3 is 5.97 Å². The van der Waals surface area contributed by atoms with E-state index in [2.05, 4.69) is 6.92 Å². The van der Waals surface area contributed by atoms with Crippen LogP contribution >= 0.6 is 0 Å². The number of hydrogen-bond acceptors (Lipinski definition) is 4. The number of hydrogen-bond donors (Lipinski definition) is 0. The third-order valence-corrected chi connectivity index (χ3v) is 4.79. The van der Waals surface area contributed by atoms with E-state index in [1.54, 1.807) is 0 Å². The predicted octanol–water partition coefficient (Wildman–Crippen LogP) is 6.12. The van der Waals surface area contributed by atoms with Gasteiger partial charge in [-0.25, -0.2) is 4.79 Å². The highest BCUT2D eigenvalue weighted by atomic mass is 17.2. The Hall–Kier alpha value is -0.610. The van der Waals surface area contributed by atoms with Gasteiger partial charge in [0.1, 0.15) is 12.7 Å². The van der Waals surface area contributed by atoms with E-state index in [1.165, 1.54) is 83.5 Å². The van der Waals surface area contributed by atoms with Gasteiger partial charge < -0.3 is 4.74 Å². The Morgan fingerprint density at radius 1 is 0.800 bits per heavy atom. The number of ether oxygens (including phenoxy) is 1. The van der Waals surface area contributed by atoms with E-state index in [-0.39, 0.29) is 12.1 Å². The van der Waals surface area contributed by atoms with Crippen molar-refractivity contribution in [3.63, 3.8) is 0 Å². The molecule has 1 saturated heterocycles. The fraction of sp³-hybridized carbons (Fsp3) is 0.952. The van der Waals surface area contributed by atoms with Crippen molar-refractivity contribution in [2.24, 2.45) is 0 Å². The third kappa shape index (κ3) is 16.6. The van der Waals surface area contributed by atoms with Crippen LogP contribution in [0.3, 0.4) is 0 Å². The summed E-state index contributed by atoms with van der Waals surface area (Å²) in [4.78, 5) is 20.9. The van der Waals surface area contributed by atoms with Crippen molar-refractivity contribution < 1.29 is 19.3 Å². The normalized spacial score (nSPS) is 16.1. The smallest absolute Gasteiger partial charge is 0.342 e. The molecular weight excluding hydrogens is 316 g/mol. The molecule has 0 bridgehead atoms. The molecule has 0 aliphatic carbocycles. The van der Waals surface area contributed by atoms with E-state index in [0.717, 1.165) is 19.4 Å². The topological polar surface area (TPSA) is 48.1 Å². The first kappa shape index (κ1) is 22.4. The minimum absolute atomic E-state index is 0.138. The Morgan fingerprint density at radius 2 is 1.24 bits per heavy atom. The fourth-order valence-electron chi connectivity index (χ4n) is 3.02.